The lowest BCUT2D eigenvalue weighted by atomic mass is 9.81. The quantitative estimate of drug-likeness (QED) is 0.491. The maximum absolute atomic E-state index is 11.6. The van der Waals surface area contributed by atoms with E-state index in [-0.39, 0.29) is 5.97 Å². The van der Waals surface area contributed by atoms with Crippen LogP contribution in [0.15, 0.2) is 66.3 Å². The van der Waals surface area contributed by atoms with Gasteiger partial charge in [0.2, 0.25) is 0 Å². The first-order chi connectivity index (χ1) is 15.1. The molecule has 0 saturated heterocycles. The van der Waals surface area contributed by atoms with Crippen LogP contribution in [0.5, 0.6) is 0 Å². The van der Waals surface area contributed by atoms with E-state index in [4.69, 9.17) is 4.74 Å². The normalized spacial score (nSPS) is 14.4. The lowest BCUT2D eigenvalue weighted by Gasteiger charge is -2.24. The van der Waals surface area contributed by atoms with Gasteiger partial charge >= 0.3 is 5.97 Å². The third kappa shape index (κ3) is 3.57. The smallest absolute Gasteiger partial charge is 0.337 e. The average molecular weight is 408 g/mol. The van der Waals surface area contributed by atoms with Gasteiger partial charge in [-0.15, -0.1) is 0 Å². The van der Waals surface area contributed by atoms with E-state index in [9.17, 15) is 4.79 Å². The zero-order valence-electron chi connectivity index (χ0n) is 17.9. The van der Waals surface area contributed by atoms with E-state index >= 15 is 0 Å². The molecule has 1 N–H and O–H groups in total. The average Bonchev–Trinajstić information content (AvgIpc) is 2.81. The number of carbonyl (C=O) groups excluding carboxylic acids is 1. The highest BCUT2D eigenvalue weighted by molar-refractivity contribution is 6.07. The molecule has 3 heteroatoms. The lowest BCUT2D eigenvalue weighted by molar-refractivity contribution is 0.0600. The van der Waals surface area contributed by atoms with Gasteiger partial charge in [0.25, 0.3) is 0 Å². The molecule has 0 aromatic heterocycles. The SMILES string of the molecule is COC(=O)c1ccc(C=C(C)CNc2ccc3c4c5c(ccc24)C=CCC5=CC3)cc1. The summed E-state index contributed by atoms with van der Waals surface area (Å²) in [5.74, 6) is -0.312. The number of benzene rings is 3. The highest BCUT2D eigenvalue weighted by Crippen LogP contribution is 2.42. The summed E-state index contributed by atoms with van der Waals surface area (Å²) in [7, 11) is 1.40. The Labute approximate surface area is 182 Å². The van der Waals surface area contributed by atoms with E-state index in [2.05, 4.69) is 60.8 Å². The fraction of sp³-hybridized carbons (Fsp3) is 0.179. The molecule has 0 radical (unpaired) electrons. The van der Waals surface area contributed by atoms with Crippen LogP contribution < -0.4 is 5.32 Å². The molecule has 3 aromatic rings. The third-order valence-electron chi connectivity index (χ3n) is 6.13. The van der Waals surface area contributed by atoms with Crippen LogP contribution in [0.25, 0.3) is 28.5 Å². The topological polar surface area (TPSA) is 38.3 Å². The number of nitrogens with one attached hydrogen (secondary N) is 1. The van der Waals surface area contributed by atoms with Gasteiger partial charge in [-0.2, -0.15) is 0 Å². The number of esters is 1. The van der Waals surface area contributed by atoms with Crippen molar-refractivity contribution in [1.29, 1.82) is 0 Å². The Morgan fingerprint density at radius 3 is 2.71 bits per heavy atom. The number of hydrogen-bond donors (Lipinski definition) is 1. The van der Waals surface area contributed by atoms with Gasteiger partial charge in [0.1, 0.15) is 0 Å². The van der Waals surface area contributed by atoms with Gasteiger partial charge in [0, 0.05) is 17.6 Å². The molecule has 0 amide bonds. The van der Waals surface area contributed by atoms with Crippen molar-refractivity contribution < 1.29 is 9.53 Å². The van der Waals surface area contributed by atoms with Crippen molar-refractivity contribution in [3.8, 4) is 0 Å². The van der Waals surface area contributed by atoms with Crippen molar-refractivity contribution in [1.82, 2.24) is 0 Å². The summed E-state index contributed by atoms with van der Waals surface area (Å²) in [5, 5.41) is 6.34. The molecule has 154 valence electrons. The number of ether oxygens (including phenoxy) is 1. The number of rotatable bonds is 5. The molecule has 0 fully saturated rings. The van der Waals surface area contributed by atoms with Crippen LogP contribution in [0.4, 0.5) is 5.69 Å². The summed E-state index contributed by atoms with van der Waals surface area (Å²) >= 11 is 0. The molecule has 31 heavy (non-hydrogen) atoms. The molecule has 2 aliphatic carbocycles. The lowest BCUT2D eigenvalue weighted by Crippen LogP contribution is -2.07. The number of anilines is 1. The molecule has 0 heterocycles. The molecule has 5 rings (SSSR count). The molecule has 2 aliphatic rings. The largest absolute Gasteiger partial charge is 0.465 e. The minimum absolute atomic E-state index is 0.312. The van der Waals surface area contributed by atoms with E-state index in [1.165, 1.54) is 51.4 Å². The maximum Gasteiger partial charge on any atom is 0.337 e. The van der Waals surface area contributed by atoms with Crippen LogP contribution in [-0.4, -0.2) is 19.6 Å². The Bertz CT molecular complexity index is 1280. The zero-order chi connectivity index (χ0) is 21.4. The third-order valence-corrected chi connectivity index (χ3v) is 6.13. The highest BCUT2D eigenvalue weighted by Gasteiger charge is 2.20. The predicted octanol–water partition coefficient (Wildman–Crippen LogP) is 6.50. The Balaban J connectivity index is 1.39. The number of methoxy groups -OCH3 is 1. The molecular formula is C28H25NO2. The number of carbonyl (C=O) groups is 1. The number of allylic oxidation sites excluding steroid dienone is 3. The molecule has 0 aliphatic heterocycles. The molecule has 0 atom stereocenters. The summed E-state index contributed by atoms with van der Waals surface area (Å²) in [6, 6.07) is 16.5. The van der Waals surface area contributed by atoms with Crippen LogP contribution in [0, 0.1) is 0 Å². The summed E-state index contributed by atoms with van der Waals surface area (Å²) < 4.78 is 4.76. The Kier molecular flexibility index (Phi) is 4.95. The monoisotopic (exact) mass is 407 g/mol. The molecule has 0 spiro atoms. The van der Waals surface area contributed by atoms with Gasteiger partial charge in [-0.05, 0) is 71.2 Å². The summed E-state index contributed by atoms with van der Waals surface area (Å²) in [6.07, 6.45) is 11.1. The minimum atomic E-state index is -0.312. The van der Waals surface area contributed by atoms with Crippen molar-refractivity contribution in [3.05, 3.63) is 94.1 Å². The second-order valence-corrected chi connectivity index (χ2v) is 8.22. The first-order valence-corrected chi connectivity index (χ1v) is 10.7. The first kappa shape index (κ1) is 19.4. The van der Waals surface area contributed by atoms with Gasteiger partial charge in [0.05, 0.1) is 12.7 Å². The van der Waals surface area contributed by atoms with Crippen molar-refractivity contribution >= 4 is 40.2 Å². The number of hydrogen-bond acceptors (Lipinski definition) is 3. The predicted molar refractivity (Wildman–Crippen MR) is 129 cm³/mol. The molecule has 3 aromatic carbocycles. The van der Waals surface area contributed by atoms with Crippen molar-refractivity contribution in [3.63, 3.8) is 0 Å². The summed E-state index contributed by atoms with van der Waals surface area (Å²) in [5.41, 5.74) is 9.64. The molecule has 0 bridgehead atoms. The Morgan fingerprint density at radius 1 is 1.06 bits per heavy atom. The van der Waals surface area contributed by atoms with E-state index in [0.29, 0.717) is 5.56 Å². The standard InChI is InChI=1S/C28H25NO2/c1-18(16-19-6-8-23(9-7-19)28(30)31-2)17-29-25-15-13-22-11-10-20-4-3-5-21-12-14-24(25)27(22)26(20)21/h3,5-10,12-16,29H,4,11,17H2,1-2H3. The van der Waals surface area contributed by atoms with Crippen LogP contribution in [0.3, 0.4) is 0 Å². The first-order valence-electron chi connectivity index (χ1n) is 10.7. The fourth-order valence-corrected chi connectivity index (χ4v) is 4.58. The summed E-state index contributed by atoms with van der Waals surface area (Å²) in [6.45, 7) is 2.88. The molecule has 0 unspecified atom stereocenters. The highest BCUT2D eigenvalue weighted by atomic mass is 16.5. The molecular weight excluding hydrogens is 382 g/mol. The van der Waals surface area contributed by atoms with Crippen molar-refractivity contribution in [2.45, 2.75) is 19.8 Å². The van der Waals surface area contributed by atoms with E-state index < -0.39 is 0 Å². The van der Waals surface area contributed by atoms with E-state index in [1.54, 1.807) is 12.1 Å². The van der Waals surface area contributed by atoms with Gasteiger partial charge in [-0.3, -0.25) is 0 Å². The molecule has 3 nitrogen and oxygen atoms in total. The van der Waals surface area contributed by atoms with Gasteiger partial charge in [-0.25, -0.2) is 4.79 Å². The zero-order valence-corrected chi connectivity index (χ0v) is 17.9. The van der Waals surface area contributed by atoms with Gasteiger partial charge in [-0.1, -0.05) is 60.2 Å². The van der Waals surface area contributed by atoms with Crippen molar-refractivity contribution in [2.75, 3.05) is 19.0 Å². The van der Waals surface area contributed by atoms with Gasteiger partial charge < -0.3 is 10.1 Å². The fourth-order valence-electron chi connectivity index (χ4n) is 4.58. The van der Waals surface area contributed by atoms with E-state index in [0.717, 1.165) is 24.9 Å². The van der Waals surface area contributed by atoms with E-state index in [1.807, 2.05) is 12.1 Å². The minimum Gasteiger partial charge on any atom is -0.465 e. The Morgan fingerprint density at radius 2 is 1.90 bits per heavy atom. The van der Waals surface area contributed by atoms with Crippen LogP contribution >= 0.6 is 0 Å². The Hall–Kier alpha value is -3.59. The van der Waals surface area contributed by atoms with Crippen LogP contribution in [0.1, 0.15) is 46.0 Å². The molecule has 0 saturated carbocycles. The second kappa shape index (κ2) is 7.92. The van der Waals surface area contributed by atoms with Crippen LogP contribution in [0.2, 0.25) is 0 Å². The second-order valence-electron chi connectivity index (χ2n) is 8.22. The summed E-state index contributed by atoms with van der Waals surface area (Å²) in [4.78, 5) is 11.6. The van der Waals surface area contributed by atoms with Crippen LogP contribution in [-0.2, 0) is 11.2 Å². The van der Waals surface area contributed by atoms with Crippen molar-refractivity contribution in [2.24, 2.45) is 0 Å². The van der Waals surface area contributed by atoms with Gasteiger partial charge in [0.15, 0.2) is 0 Å². The maximum atomic E-state index is 11.6.